The van der Waals surface area contributed by atoms with E-state index in [2.05, 4.69) is 17.2 Å². The van der Waals surface area contributed by atoms with E-state index in [0.717, 1.165) is 17.5 Å². The first-order valence-electron chi connectivity index (χ1n) is 9.24. The fraction of sp³-hybridized carbons (Fsp3) is 0.304. The first kappa shape index (κ1) is 21.0. The molecule has 1 amide bonds. The van der Waals surface area contributed by atoms with Crippen molar-refractivity contribution in [2.24, 2.45) is 0 Å². The van der Waals surface area contributed by atoms with E-state index in [4.69, 9.17) is 9.84 Å². The van der Waals surface area contributed by atoms with Crippen LogP contribution >= 0.6 is 0 Å². The lowest BCUT2D eigenvalue weighted by atomic mass is 9.96. The Bertz CT molecular complexity index is 877. The van der Waals surface area contributed by atoms with Gasteiger partial charge in [-0.15, -0.1) is 5.92 Å². The van der Waals surface area contributed by atoms with Gasteiger partial charge in [0, 0.05) is 5.69 Å². The third-order valence-corrected chi connectivity index (χ3v) is 4.30. The smallest absolute Gasteiger partial charge is 0.304 e. The summed E-state index contributed by atoms with van der Waals surface area (Å²) in [4.78, 5) is 23.4. The number of hydrogen-bond donors (Lipinski definition) is 2. The van der Waals surface area contributed by atoms with Crippen LogP contribution in [0.15, 0.2) is 48.5 Å². The highest BCUT2D eigenvalue weighted by Crippen LogP contribution is 2.22. The van der Waals surface area contributed by atoms with Crippen LogP contribution in [0, 0.1) is 11.8 Å². The third-order valence-electron chi connectivity index (χ3n) is 4.30. The number of hydrogen-bond acceptors (Lipinski definition) is 3. The monoisotopic (exact) mass is 379 g/mol. The number of ether oxygens (including phenoxy) is 1. The van der Waals surface area contributed by atoms with Crippen molar-refractivity contribution in [2.45, 2.75) is 45.6 Å². The van der Waals surface area contributed by atoms with Crippen molar-refractivity contribution < 1.29 is 19.4 Å². The van der Waals surface area contributed by atoms with Gasteiger partial charge in [0.15, 0.2) is 6.10 Å². The Hall–Kier alpha value is -3.26. The zero-order chi connectivity index (χ0) is 20.5. The van der Waals surface area contributed by atoms with Gasteiger partial charge in [0.2, 0.25) is 0 Å². The minimum Gasteiger partial charge on any atom is -0.481 e. The van der Waals surface area contributed by atoms with Crippen LogP contribution < -0.4 is 10.1 Å². The highest BCUT2D eigenvalue weighted by atomic mass is 16.5. The largest absolute Gasteiger partial charge is 0.481 e. The van der Waals surface area contributed by atoms with Crippen molar-refractivity contribution in [2.75, 3.05) is 5.32 Å². The van der Waals surface area contributed by atoms with E-state index < -0.39 is 12.1 Å². The molecule has 0 spiro atoms. The van der Waals surface area contributed by atoms with E-state index in [9.17, 15) is 9.59 Å². The Morgan fingerprint density at radius 2 is 1.82 bits per heavy atom. The van der Waals surface area contributed by atoms with Crippen molar-refractivity contribution in [3.8, 4) is 17.6 Å². The molecule has 0 aliphatic carbocycles. The molecular weight excluding hydrogens is 354 g/mol. The molecule has 2 aromatic carbocycles. The van der Waals surface area contributed by atoms with Crippen LogP contribution in [0.25, 0.3) is 0 Å². The number of para-hydroxylation sites is 1. The predicted octanol–water partition coefficient (Wildman–Crippen LogP) is 4.24. The van der Waals surface area contributed by atoms with Crippen LogP contribution in [0.3, 0.4) is 0 Å². The molecule has 2 N–H and O–H groups in total. The second-order valence-electron chi connectivity index (χ2n) is 6.38. The van der Waals surface area contributed by atoms with Gasteiger partial charge in [-0.3, -0.25) is 9.59 Å². The fourth-order valence-electron chi connectivity index (χ4n) is 2.80. The molecule has 0 aliphatic rings. The van der Waals surface area contributed by atoms with Gasteiger partial charge in [0.1, 0.15) is 5.75 Å². The topological polar surface area (TPSA) is 75.6 Å². The number of anilines is 1. The van der Waals surface area contributed by atoms with Crippen LogP contribution in [0.5, 0.6) is 5.75 Å². The molecule has 0 saturated heterocycles. The van der Waals surface area contributed by atoms with Crippen molar-refractivity contribution in [3.63, 3.8) is 0 Å². The summed E-state index contributed by atoms with van der Waals surface area (Å²) < 4.78 is 5.81. The van der Waals surface area contributed by atoms with Crippen molar-refractivity contribution in [1.29, 1.82) is 0 Å². The Kier molecular flexibility index (Phi) is 7.65. The summed E-state index contributed by atoms with van der Waals surface area (Å²) in [6.45, 7) is 5.42. The minimum atomic E-state index is -0.900. The quantitative estimate of drug-likeness (QED) is 0.673. The molecule has 2 atom stereocenters. The average Bonchev–Trinajstić information content (AvgIpc) is 2.68. The molecule has 0 saturated carbocycles. The number of benzene rings is 2. The number of carbonyl (C=O) groups excluding carboxylic acids is 1. The molecule has 2 aromatic rings. The summed E-state index contributed by atoms with van der Waals surface area (Å²) in [6, 6.07) is 14.7. The second-order valence-corrected chi connectivity index (χ2v) is 6.38. The fourth-order valence-corrected chi connectivity index (χ4v) is 2.80. The van der Waals surface area contributed by atoms with E-state index in [1.54, 1.807) is 38.1 Å². The van der Waals surface area contributed by atoms with Crippen molar-refractivity contribution >= 4 is 17.6 Å². The normalized spacial score (nSPS) is 12.2. The summed E-state index contributed by atoms with van der Waals surface area (Å²) in [7, 11) is 0. The van der Waals surface area contributed by atoms with E-state index in [-0.39, 0.29) is 18.2 Å². The number of nitrogens with one attached hydrogen (secondary N) is 1. The van der Waals surface area contributed by atoms with Crippen LogP contribution in [-0.4, -0.2) is 23.1 Å². The predicted molar refractivity (Wildman–Crippen MR) is 109 cm³/mol. The molecule has 0 fully saturated rings. The maximum absolute atomic E-state index is 12.4. The standard InChI is InChI=1S/C23H25NO4/c1-4-8-19(15-22(25)26)18-11-13-20(14-12-18)24-23(27)16(3)28-21-10-7-6-9-17(21)5-2/h6-7,9-14,16,19H,5,15H2,1-3H3,(H,24,27)(H,25,26). The summed E-state index contributed by atoms with van der Waals surface area (Å²) in [6.07, 6.45) is 0.108. The number of carboxylic acids is 1. The zero-order valence-electron chi connectivity index (χ0n) is 16.4. The molecule has 5 nitrogen and oxygen atoms in total. The van der Waals surface area contributed by atoms with Crippen LogP contribution in [-0.2, 0) is 16.0 Å². The zero-order valence-corrected chi connectivity index (χ0v) is 16.4. The molecule has 28 heavy (non-hydrogen) atoms. The lowest BCUT2D eigenvalue weighted by molar-refractivity contribution is -0.137. The van der Waals surface area contributed by atoms with Crippen molar-refractivity contribution in [1.82, 2.24) is 0 Å². The van der Waals surface area contributed by atoms with Gasteiger partial charge >= 0.3 is 5.97 Å². The lowest BCUT2D eigenvalue weighted by Crippen LogP contribution is -2.30. The van der Waals surface area contributed by atoms with Gasteiger partial charge in [-0.25, -0.2) is 0 Å². The molecule has 0 radical (unpaired) electrons. The summed E-state index contributed by atoms with van der Waals surface area (Å²) in [5.74, 6) is 4.85. The molecular formula is C23H25NO4. The summed E-state index contributed by atoms with van der Waals surface area (Å²) >= 11 is 0. The Morgan fingerprint density at radius 1 is 1.14 bits per heavy atom. The highest BCUT2D eigenvalue weighted by molar-refractivity contribution is 5.94. The molecule has 146 valence electrons. The van der Waals surface area contributed by atoms with Gasteiger partial charge < -0.3 is 15.2 Å². The first-order chi connectivity index (χ1) is 13.4. The van der Waals surface area contributed by atoms with E-state index in [1.165, 1.54) is 0 Å². The molecule has 2 rings (SSSR count). The van der Waals surface area contributed by atoms with Crippen LogP contribution in [0.1, 0.15) is 44.2 Å². The Labute approximate surface area is 165 Å². The first-order valence-corrected chi connectivity index (χ1v) is 9.24. The van der Waals surface area contributed by atoms with E-state index in [1.807, 2.05) is 31.2 Å². The Balaban J connectivity index is 2.03. The summed E-state index contributed by atoms with van der Waals surface area (Å²) in [5.41, 5.74) is 2.47. The van der Waals surface area contributed by atoms with Gasteiger partial charge in [-0.1, -0.05) is 43.2 Å². The molecule has 0 aromatic heterocycles. The highest BCUT2D eigenvalue weighted by Gasteiger charge is 2.17. The van der Waals surface area contributed by atoms with Gasteiger partial charge in [0.05, 0.1) is 12.3 Å². The van der Waals surface area contributed by atoms with Crippen molar-refractivity contribution in [3.05, 3.63) is 59.7 Å². The molecule has 0 heterocycles. The van der Waals surface area contributed by atoms with Crippen LogP contribution in [0.4, 0.5) is 5.69 Å². The van der Waals surface area contributed by atoms with Crippen LogP contribution in [0.2, 0.25) is 0 Å². The van der Waals surface area contributed by atoms with Gasteiger partial charge in [-0.2, -0.15) is 0 Å². The van der Waals surface area contributed by atoms with E-state index in [0.29, 0.717) is 11.4 Å². The second kappa shape index (κ2) is 10.2. The van der Waals surface area contributed by atoms with E-state index >= 15 is 0 Å². The van der Waals surface area contributed by atoms with Gasteiger partial charge in [-0.05, 0) is 49.6 Å². The maximum atomic E-state index is 12.4. The SMILES string of the molecule is CC#CC(CC(=O)O)c1ccc(NC(=O)C(C)Oc2ccccc2CC)cc1. The number of amides is 1. The summed E-state index contributed by atoms with van der Waals surface area (Å²) in [5, 5.41) is 11.8. The third kappa shape index (κ3) is 5.88. The number of carboxylic acid groups (broad SMARTS) is 1. The number of aliphatic carboxylic acids is 1. The number of carbonyl (C=O) groups is 2. The van der Waals surface area contributed by atoms with Gasteiger partial charge in [0.25, 0.3) is 5.91 Å². The number of aryl methyl sites for hydroxylation is 1. The maximum Gasteiger partial charge on any atom is 0.304 e. The number of rotatable bonds is 8. The molecule has 2 unspecified atom stereocenters. The lowest BCUT2D eigenvalue weighted by Gasteiger charge is -2.17. The molecule has 0 aliphatic heterocycles. The molecule has 5 heteroatoms. The molecule has 0 bridgehead atoms. The minimum absolute atomic E-state index is 0.0613. The average molecular weight is 379 g/mol. The Morgan fingerprint density at radius 3 is 2.43 bits per heavy atom.